The first-order chi connectivity index (χ1) is 7.51. The van der Waals surface area contributed by atoms with Gasteiger partial charge in [-0.05, 0) is 47.2 Å². The van der Waals surface area contributed by atoms with Gasteiger partial charge in [0, 0.05) is 3.57 Å². The van der Waals surface area contributed by atoms with Gasteiger partial charge in [0.05, 0.1) is 25.3 Å². The summed E-state index contributed by atoms with van der Waals surface area (Å²) in [7, 11) is 2.61. The highest BCUT2D eigenvalue weighted by Crippen LogP contribution is 2.20. The predicted molar refractivity (Wildman–Crippen MR) is 66.6 cm³/mol. The van der Waals surface area contributed by atoms with Crippen LogP contribution in [0.2, 0.25) is 0 Å². The number of carbonyl (C=O) groups excluding carboxylic acids is 2. The number of carbonyl (C=O) groups is 2. The molecule has 0 atom stereocenters. The lowest BCUT2D eigenvalue weighted by molar-refractivity contribution is 0.0597. The lowest BCUT2D eigenvalue weighted by Gasteiger charge is -2.09. The van der Waals surface area contributed by atoms with Crippen LogP contribution in [0.5, 0.6) is 0 Å². The van der Waals surface area contributed by atoms with Crippen LogP contribution in [0, 0.1) is 10.5 Å². The van der Waals surface area contributed by atoms with Gasteiger partial charge in [0.15, 0.2) is 0 Å². The van der Waals surface area contributed by atoms with Gasteiger partial charge in [0.1, 0.15) is 0 Å². The highest BCUT2D eigenvalue weighted by atomic mass is 127. The largest absolute Gasteiger partial charge is 0.465 e. The molecule has 0 aliphatic rings. The van der Waals surface area contributed by atoms with Crippen molar-refractivity contribution in [2.24, 2.45) is 0 Å². The molecule has 0 radical (unpaired) electrons. The van der Waals surface area contributed by atoms with E-state index in [-0.39, 0.29) is 0 Å². The van der Waals surface area contributed by atoms with Gasteiger partial charge in [-0.2, -0.15) is 0 Å². The summed E-state index contributed by atoms with van der Waals surface area (Å²) in [4.78, 5) is 22.9. The Morgan fingerprint density at radius 1 is 1.06 bits per heavy atom. The third kappa shape index (κ3) is 2.52. The zero-order valence-corrected chi connectivity index (χ0v) is 11.3. The molecule has 86 valence electrons. The summed E-state index contributed by atoms with van der Waals surface area (Å²) in [6, 6.07) is 3.35. The molecule has 0 aliphatic heterocycles. The molecule has 0 aliphatic carbocycles. The fraction of sp³-hybridized carbons (Fsp3) is 0.273. The minimum atomic E-state index is -0.457. The van der Waals surface area contributed by atoms with E-state index in [4.69, 9.17) is 0 Å². The Morgan fingerprint density at radius 3 is 1.75 bits per heavy atom. The Hall–Kier alpha value is -1.11. The van der Waals surface area contributed by atoms with Gasteiger partial charge in [-0.3, -0.25) is 0 Å². The van der Waals surface area contributed by atoms with Gasteiger partial charge >= 0.3 is 11.9 Å². The van der Waals surface area contributed by atoms with Crippen molar-refractivity contribution >= 4 is 34.5 Å². The third-order valence-corrected chi connectivity index (χ3v) is 2.81. The fourth-order valence-corrected chi connectivity index (χ4v) is 1.95. The van der Waals surface area contributed by atoms with Gasteiger partial charge in [0.25, 0.3) is 0 Å². The van der Waals surface area contributed by atoms with E-state index in [0.29, 0.717) is 16.7 Å². The van der Waals surface area contributed by atoms with E-state index in [2.05, 4.69) is 9.47 Å². The van der Waals surface area contributed by atoms with Crippen molar-refractivity contribution in [1.29, 1.82) is 0 Å². The standard InChI is InChI=1S/C11H11IO4/c1-6-8(10(13)15-2)4-7(12)5-9(6)11(14)16-3/h4-5H,1-3H3. The molecule has 0 unspecified atom stereocenters. The molecule has 0 aromatic heterocycles. The van der Waals surface area contributed by atoms with Crippen LogP contribution in [0.15, 0.2) is 12.1 Å². The second kappa shape index (κ2) is 5.29. The van der Waals surface area contributed by atoms with Crippen molar-refractivity contribution in [2.45, 2.75) is 6.92 Å². The van der Waals surface area contributed by atoms with Crippen LogP contribution in [0.3, 0.4) is 0 Å². The summed E-state index contributed by atoms with van der Waals surface area (Å²) >= 11 is 2.03. The van der Waals surface area contributed by atoms with E-state index in [1.165, 1.54) is 14.2 Å². The molecule has 0 spiro atoms. The lowest BCUT2D eigenvalue weighted by atomic mass is 10.0. The number of methoxy groups -OCH3 is 2. The number of hydrogen-bond acceptors (Lipinski definition) is 4. The highest BCUT2D eigenvalue weighted by molar-refractivity contribution is 14.1. The topological polar surface area (TPSA) is 52.6 Å². The molecule has 0 saturated heterocycles. The van der Waals surface area contributed by atoms with E-state index >= 15 is 0 Å². The molecular formula is C11H11IO4. The summed E-state index contributed by atoms with van der Waals surface area (Å²) in [5.74, 6) is -0.915. The first-order valence-electron chi connectivity index (χ1n) is 4.48. The maximum atomic E-state index is 11.5. The number of esters is 2. The summed E-state index contributed by atoms with van der Waals surface area (Å²) in [6.45, 7) is 1.69. The van der Waals surface area contributed by atoms with Crippen LogP contribution in [0.1, 0.15) is 26.3 Å². The fourth-order valence-electron chi connectivity index (χ4n) is 1.32. The number of halogens is 1. The maximum absolute atomic E-state index is 11.5. The molecule has 0 bridgehead atoms. The van der Waals surface area contributed by atoms with Crippen LogP contribution in [0.4, 0.5) is 0 Å². The van der Waals surface area contributed by atoms with Crippen LogP contribution in [-0.4, -0.2) is 26.2 Å². The highest BCUT2D eigenvalue weighted by Gasteiger charge is 2.18. The Morgan fingerprint density at radius 2 is 1.44 bits per heavy atom. The summed E-state index contributed by atoms with van der Waals surface area (Å²) in [6.07, 6.45) is 0. The van der Waals surface area contributed by atoms with Gasteiger partial charge in [-0.25, -0.2) is 9.59 Å². The molecule has 0 saturated carbocycles. The molecule has 0 amide bonds. The van der Waals surface area contributed by atoms with Gasteiger partial charge in [-0.1, -0.05) is 0 Å². The average molecular weight is 334 g/mol. The third-order valence-electron chi connectivity index (χ3n) is 2.18. The van der Waals surface area contributed by atoms with E-state index in [9.17, 15) is 9.59 Å². The molecule has 4 nitrogen and oxygen atoms in total. The Kier molecular flexibility index (Phi) is 4.28. The lowest BCUT2D eigenvalue weighted by Crippen LogP contribution is -2.11. The van der Waals surface area contributed by atoms with Crippen LogP contribution < -0.4 is 0 Å². The minimum Gasteiger partial charge on any atom is -0.465 e. The second-order valence-electron chi connectivity index (χ2n) is 3.11. The molecule has 1 aromatic carbocycles. The first kappa shape index (κ1) is 13.0. The van der Waals surface area contributed by atoms with Crippen LogP contribution in [0.25, 0.3) is 0 Å². The monoisotopic (exact) mass is 334 g/mol. The normalized spacial score (nSPS) is 9.75. The van der Waals surface area contributed by atoms with E-state index in [0.717, 1.165) is 3.57 Å². The Labute approximate surface area is 107 Å². The summed E-state index contributed by atoms with van der Waals surface area (Å²) in [5.41, 5.74) is 1.34. The first-order valence-corrected chi connectivity index (χ1v) is 5.56. The van der Waals surface area contributed by atoms with Crippen LogP contribution in [-0.2, 0) is 9.47 Å². The van der Waals surface area contributed by atoms with Crippen molar-refractivity contribution < 1.29 is 19.1 Å². The predicted octanol–water partition coefficient (Wildman–Crippen LogP) is 2.17. The Balaban J connectivity index is 3.37. The molecule has 0 fully saturated rings. The van der Waals surface area contributed by atoms with Crippen LogP contribution >= 0.6 is 22.6 Å². The molecule has 0 heterocycles. The van der Waals surface area contributed by atoms with Crippen molar-refractivity contribution in [3.05, 3.63) is 32.4 Å². The number of hydrogen-bond donors (Lipinski definition) is 0. The van der Waals surface area contributed by atoms with Crippen molar-refractivity contribution in [3.8, 4) is 0 Å². The quantitative estimate of drug-likeness (QED) is 0.614. The van der Waals surface area contributed by atoms with E-state index in [1.54, 1.807) is 19.1 Å². The minimum absolute atomic E-state index is 0.384. The van der Waals surface area contributed by atoms with E-state index in [1.807, 2.05) is 22.6 Å². The van der Waals surface area contributed by atoms with Gasteiger partial charge < -0.3 is 9.47 Å². The maximum Gasteiger partial charge on any atom is 0.338 e. The number of rotatable bonds is 2. The Bertz CT molecular complexity index is 403. The molecule has 5 heteroatoms. The van der Waals surface area contributed by atoms with Gasteiger partial charge in [0.2, 0.25) is 0 Å². The SMILES string of the molecule is COC(=O)c1cc(I)cc(C(=O)OC)c1C. The molecule has 1 aromatic rings. The average Bonchev–Trinajstić information content (AvgIpc) is 2.29. The molecular weight excluding hydrogens is 323 g/mol. The molecule has 16 heavy (non-hydrogen) atoms. The smallest absolute Gasteiger partial charge is 0.338 e. The molecule has 1 rings (SSSR count). The zero-order valence-electron chi connectivity index (χ0n) is 9.17. The van der Waals surface area contributed by atoms with Crippen molar-refractivity contribution in [3.63, 3.8) is 0 Å². The number of benzene rings is 1. The summed E-state index contributed by atoms with van der Waals surface area (Å²) < 4.78 is 10.1. The number of ether oxygens (including phenoxy) is 2. The summed E-state index contributed by atoms with van der Waals surface area (Å²) in [5, 5.41) is 0. The van der Waals surface area contributed by atoms with E-state index < -0.39 is 11.9 Å². The van der Waals surface area contributed by atoms with Crippen molar-refractivity contribution in [2.75, 3.05) is 14.2 Å². The van der Waals surface area contributed by atoms with Crippen molar-refractivity contribution in [1.82, 2.24) is 0 Å². The zero-order chi connectivity index (χ0) is 12.3. The second-order valence-corrected chi connectivity index (χ2v) is 4.35. The van der Waals surface area contributed by atoms with Gasteiger partial charge in [-0.15, -0.1) is 0 Å². The molecule has 0 N–H and O–H groups in total.